The van der Waals surface area contributed by atoms with Crippen LogP contribution in [0.5, 0.6) is 0 Å². The predicted octanol–water partition coefficient (Wildman–Crippen LogP) is 1.30. The Morgan fingerprint density at radius 2 is 2.25 bits per heavy atom. The summed E-state index contributed by atoms with van der Waals surface area (Å²) < 4.78 is 1.79. The molecular weight excluding hydrogens is 200 g/mol. The summed E-state index contributed by atoms with van der Waals surface area (Å²) in [6, 6.07) is 0.809. The highest BCUT2D eigenvalue weighted by Crippen LogP contribution is 2.38. The molecule has 1 aromatic heterocycles. The summed E-state index contributed by atoms with van der Waals surface area (Å²) in [7, 11) is 1.92. The molecule has 0 amide bonds. The fraction of sp³-hybridized carbons (Fsp3) is 0.750. The zero-order valence-corrected chi connectivity index (χ0v) is 10.1. The highest BCUT2D eigenvalue weighted by atomic mass is 15.3. The Bertz CT molecular complexity index is 409. The molecule has 88 valence electrons. The number of nitrogens with zero attached hydrogens (tertiary/aromatic N) is 3. The van der Waals surface area contributed by atoms with E-state index in [0.29, 0.717) is 0 Å². The first-order valence-corrected chi connectivity index (χ1v) is 6.17. The van der Waals surface area contributed by atoms with Crippen LogP contribution < -0.4 is 5.73 Å². The minimum atomic E-state index is 0.809. The van der Waals surface area contributed by atoms with Crippen molar-refractivity contribution in [2.75, 3.05) is 12.3 Å². The van der Waals surface area contributed by atoms with E-state index in [9.17, 15) is 0 Å². The molecule has 0 radical (unpaired) electrons. The van der Waals surface area contributed by atoms with E-state index in [4.69, 9.17) is 5.73 Å². The first kappa shape index (κ1) is 10.1. The molecule has 3 rings (SSSR count). The van der Waals surface area contributed by atoms with E-state index in [2.05, 4.69) is 16.9 Å². The molecule has 2 N–H and O–H groups in total. The normalized spacial score (nSPS) is 29.1. The molecule has 0 spiro atoms. The van der Waals surface area contributed by atoms with Gasteiger partial charge in [0.15, 0.2) is 0 Å². The number of hydrogen-bond donors (Lipinski definition) is 1. The van der Waals surface area contributed by atoms with Crippen molar-refractivity contribution in [2.45, 2.75) is 38.8 Å². The molecule has 16 heavy (non-hydrogen) atoms. The van der Waals surface area contributed by atoms with Gasteiger partial charge in [0, 0.05) is 31.7 Å². The molecule has 1 aromatic rings. The number of piperidine rings is 1. The monoisotopic (exact) mass is 220 g/mol. The third kappa shape index (κ3) is 1.44. The second-order valence-electron chi connectivity index (χ2n) is 5.34. The third-order valence-corrected chi connectivity index (χ3v) is 4.28. The van der Waals surface area contributed by atoms with Gasteiger partial charge in [-0.25, -0.2) is 0 Å². The Labute approximate surface area is 96.4 Å². The van der Waals surface area contributed by atoms with Crippen LogP contribution in [0.1, 0.15) is 30.5 Å². The number of nitrogens with two attached hydrogens (primary N) is 1. The summed E-state index contributed by atoms with van der Waals surface area (Å²) in [4.78, 5) is 2.59. The highest BCUT2D eigenvalue weighted by Gasteiger charge is 2.38. The van der Waals surface area contributed by atoms with Crippen molar-refractivity contribution < 1.29 is 0 Å². The lowest BCUT2D eigenvalue weighted by molar-refractivity contribution is 0.205. The number of aromatic nitrogens is 2. The molecule has 1 saturated heterocycles. The molecule has 2 heterocycles. The molecule has 1 aliphatic carbocycles. The predicted molar refractivity (Wildman–Crippen MR) is 63.9 cm³/mol. The summed E-state index contributed by atoms with van der Waals surface area (Å²) in [5.41, 5.74) is 8.37. The first-order chi connectivity index (χ1) is 7.65. The molecule has 4 nitrogen and oxygen atoms in total. The van der Waals surface area contributed by atoms with Crippen LogP contribution in [-0.4, -0.2) is 27.3 Å². The maximum Gasteiger partial charge on any atom is 0.126 e. The van der Waals surface area contributed by atoms with E-state index in [0.717, 1.165) is 30.0 Å². The molecular formula is C12H20N4. The topological polar surface area (TPSA) is 47.1 Å². The average molecular weight is 220 g/mol. The van der Waals surface area contributed by atoms with Crippen molar-refractivity contribution in [1.29, 1.82) is 0 Å². The van der Waals surface area contributed by atoms with Crippen LogP contribution in [0, 0.1) is 12.8 Å². The van der Waals surface area contributed by atoms with Gasteiger partial charge in [-0.05, 0) is 32.1 Å². The lowest BCUT2D eigenvalue weighted by Crippen LogP contribution is -2.31. The number of anilines is 1. The summed E-state index contributed by atoms with van der Waals surface area (Å²) in [5, 5.41) is 4.38. The van der Waals surface area contributed by atoms with E-state index < -0.39 is 0 Å². The van der Waals surface area contributed by atoms with E-state index in [-0.39, 0.29) is 0 Å². The van der Waals surface area contributed by atoms with Crippen molar-refractivity contribution in [3.63, 3.8) is 0 Å². The number of hydrogen-bond acceptors (Lipinski definition) is 3. The van der Waals surface area contributed by atoms with E-state index >= 15 is 0 Å². The largest absolute Gasteiger partial charge is 0.384 e. The minimum absolute atomic E-state index is 0.809. The van der Waals surface area contributed by atoms with E-state index in [1.54, 1.807) is 4.68 Å². The van der Waals surface area contributed by atoms with Crippen molar-refractivity contribution in [1.82, 2.24) is 14.7 Å². The maximum atomic E-state index is 6.05. The molecule has 2 unspecified atom stereocenters. The smallest absolute Gasteiger partial charge is 0.126 e. The number of likely N-dealkylation sites (tertiary alicyclic amines) is 1. The average Bonchev–Trinajstić information content (AvgIpc) is 2.90. The Hall–Kier alpha value is -1.03. The van der Waals surface area contributed by atoms with Gasteiger partial charge in [0.1, 0.15) is 5.82 Å². The van der Waals surface area contributed by atoms with Gasteiger partial charge >= 0.3 is 0 Å². The van der Waals surface area contributed by atoms with E-state index in [1.165, 1.54) is 31.4 Å². The van der Waals surface area contributed by atoms with Gasteiger partial charge in [-0.3, -0.25) is 9.58 Å². The summed E-state index contributed by atoms with van der Waals surface area (Å²) in [6.07, 6.45) is 4.21. The van der Waals surface area contributed by atoms with Crippen molar-refractivity contribution >= 4 is 5.82 Å². The first-order valence-electron chi connectivity index (χ1n) is 6.17. The van der Waals surface area contributed by atoms with Crippen LogP contribution in [0.25, 0.3) is 0 Å². The van der Waals surface area contributed by atoms with Crippen molar-refractivity contribution in [2.24, 2.45) is 13.0 Å². The van der Waals surface area contributed by atoms with Crippen LogP contribution in [0.2, 0.25) is 0 Å². The van der Waals surface area contributed by atoms with Gasteiger partial charge in [0.25, 0.3) is 0 Å². The number of rotatable bonds is 2. The molecule has 2 aliphatic rings. The summed E-state index contributed by atoms with van der Waals surface area (Å²) >= 11 is 0. The number of aryl methyl sites for hydroxylation is 2. The SMILES string of the molecule is Cc1nn(C)c(N)c1CN1CC2CCC1C2. The summed E-state index contributed by atoms with van der Waals surface area (Å²) in [5.74, 6) is 1.78. The minimum Gasteiger partial charge on any atom is -0.384 e. The molecule has 4 heteroatoms. The fourth-order valence-corrected chi connectivity index (χ4v) is 3.34. The molecule has 2 atom stereocenters. The summed E-state index contributed by atoms with van der Waals surface area (Å²) in [6.45, 7) is 4.31. The van der Waals surface area contributed by atoms with Gasteiger partial charge in [0.2, 0.25) is 0 Å². The van der Waals surface area contributed by atoms with Crippen LogP contribution in [-0.2, 0) is 13.6 Å². The molecule has 2 bridgehead atoms. The second kappa shape index (κ2) is 3.48. The Morgan fingerprint density at radius 3 is 2.75 bits per heavy atom. The van der Waals surface area contributed by atoms with Gasteiger partial charge in [0.05, 0.1) is 5.69 Å². The maximum absolute atomic E-state index is 6.05. The molecule has 2 fully saturated rings. The van der Waals surface area contributed by atoms with E-state index in [1.807, 2.05) is 7.05 Å². The van der Waals surface area contributed by atoms with Crippen LogP contribution >= 0.6 is 0 Å². The lowest BCUT2D eigenvalue weighted by atomic mass is 10.1. The van der Waals surface area contributed by atoms with Gasteiger partial charge in [-0.15, -0.1) is 0 Å². The second-order valence-corrected chi connectivity index (χ2v) is 5.34. The van der Waals surface area contributed by atoms with Crippen molar-refractivity contribution in [3.8, 4) is 0 Å². The quantitative estimate of drug-likeness (QED) is 0.817. The zero-order valence-electron chi connectivity index (χ0n) is 10.1. The van der Waals surface area contributed by atoms with Gasteiger partial charge < -0.3 is 5.73 Å². The Kier molecular flexibility index (Phi) is 2.21. The van der Waals surface area contributed by atoms with Crippen LogP contribution in [0.3, 0.4) is 0 Å². The zero-order chi connectivity index (χ0) is 11.3. The standard InChI is InChI=1S/C12H20N4/c1-8-11(12(13)15(2)14-8)7-16-6-9-3-4-10(16)5-9/h9-10H,3-7,13H2,1-2H3. The fourth-order valence-electron chi connectivity index (χ4n) is 3.34. The highest BCUT2D eigenvalue weighted by molar-refractivity contribution is 5.42. The lowest BCUT2D eigenvalue weighted by Gasteiger charge is -2.26. The molecule has 1 saturated carbocycles. The Morgan fingerprint density at radius 1 is 1.44 bits per heavy atom. The van der Waals surface area contributed by atoms with Crippen molar-refractivity contribution in [3.05, 3.63) is 11.3 Å². The van der Waals surface area contributed by atoms with Gasteiger partial charge in [-0.2, -0.15) is 5.10 Å². The van der Waals surface area contributed by atoms with Gasteiger partial charge in [-0.1, -0.05) is 0 Å². The molecule has 0 aromatic carbocycles. The third-order valence-electron chi connectivity index (χ3n) is 4.28. The van der Waals surface area contributed by atoms with Crippen LogP contribution in [0.15, 0.2) is 0 Å². The van der Waals surface area contributed by atoms with Crippen LogP contribution in [0.4, 0.5) is 5.82 Å². The Balaban J connectivity index is 1.79. The molecule has 1 aliphatic heterocycles. The number of nitrogen functional groups attached to an aromatic ring is 1. The number of fused-ring (bicyclic) bond motifs is 2.